The van der Waals surface area contributed by atoms with Crippen LogP contribution in [0.5, 0.6) is 0 Å². The summed E-state index contributed by atoms with van der Waals surface area (Å²) in [6.07, 6.45) is 3.31. The van der Waals surface area contributed by atoms with Crippen molar-refractivity contribution in [2.24, 2.45) is 0 Å². The van der Waals surface area contributed by atoms with Crippen molar-refractivity contribution in [3.8, 4) is 0 Å². The first-order valence-corrected chi connectivity index (χ1v) is 10.2. The van der Waals surface area contributed by atoms with Crippen LogP contribution in [0.15, 0.2) is 48.5 Å². The molecule has 30 heavy (non-hydrogen) atoms. The number of piperidine rings is 1. The van der Waals surface area contributed by atoms with Crippen LogP contribution in [0.3, 0.4) is 0 Å². The smallest absolute Gasteiger partial charge is 0.293 e. The van der Waals surface area contributed by atoms with Crippen molar-refractivity contribution in [1.82, 2.24) is 10.2 Å². The second-order valence-electron chi connectivity index (χ2n) is 7.81. The molecule has 2 aromatic rings. The van der Waals surface area contributed by atoms with E-state index in [2.05, 4.69) is 10.6 Å². The standard InChI is InChI=1S/C22H24N4O4/c27-21(15-4-2-1-3-5-15)24-18-10-12-25(13-11-18)22(28)16-6-9-19(23-17-7-8-17)20(14-16)26(29)30/h1-6,9,14,17-18,23H,7-8,10-13H2,(H,24,27). The Kier molecular flexibility index (Phi) is 5.65. The van der Waals surface area contributed by atoms with Gasteiger partial charge in [0.25, 0.3) is 17.5 Å². The van der Waals surface area contributed by atoms with Gasteiger partial charge in [-0.2, -0.15) is 0 Å². The Balaban J connectivity index is 1.36. The third-order valence-electron chi connectivity index (χ3n) is 5.53. The summed E-state index contributed by atoms with van der Waals surface area (Å²) < 4.78 is 0. The molecule has 0 aromatic heterocycles. The first-order chi connectivity index (χ1) is 14.5. The van der Waals surface area contributed by atoms with Crippen LogP contribution in [0.2, 0.25) is 0 Å². The van der Waals surface area contributed by atoms with Crippen LogP contribution < -0.4 is 10.6 Å². The number of likely N-dealkylation sites (tertiary alicyclic amines) is 1. The van der Waals surface area contributed by atoms with Crippen molar-refractivity contribution in [3.63, 3.8) is 0 Å². The highest BCUT2D eigenvalue weighted by atomic mass is 16.6. The van der Waals surface area contributed by atoms with E-state index in [4.69, 9.17) is 0 Å². The number of hydrogen-bond acceptors (Lipinski definition) is 5. The Labute approximate surface area is 174 Å². The molecule has 8 heteroatoms. The minimum Gasteiger partial charge on any atom is -0.377 e. The fourth-order valence-corrected chi connectivity index (χ4v) is 3.65. The summed E-state index contributed by atoms with van der Waals surface area (Å²) in [5, 5.41) is 17.6. The zero-order chi connectivity index (χ0) is 21.1. The van der Waals surface area contributed by atoms with Gasteiger partial charge in [0.1, 0.15) is 5.69 Å². The normalized spacial score (nSPS) is 16.7. The van der Waals surface area contributed by atoms with E-state index in [-0.39, 0.29) is 29.6 Å². The second-order valence-corrected chi connectivity index (χ2v) is 7.81. The molecule has 1 saturated heterocycles. The van der Waals surface area contributed by atoms with Gasteiger partial charge in [0.2, 0.25) is 0 Å². The van der Waals surface area contributed by atoms with E-state index >= 15 is 0 Å². The van der Waals surface area contributed by atoms with E-state index in [1.807, 2.05) is 18.2 Å². The van der Waals surface area contributed by atoms with Crippen LogP contribution in [0.25, 0.3) is 0 Å². The Morgan fingerprint density at radius 3 is 2.27 bits per heavy atom. The Bertz CT molecular complexity index is 951. The molecule has 0 unspecified atom stereocenters. The molecule has 0 atom stereocenters. The number of nitro groups is 1. The minimum absolute atomic E-state index is 0.00112. The first kappa shape index (κ1) is 19.9. The molecule has 8 nitrogen and oxygen atoms in total. The van der Waals surface area contributed by atoms with E-state index in [0.29, 0.717) is 42.7 Å². The molecule has 4 rings (SSSR count). The van der Waals surface area contributed by atoms with Gasteiger partial charge in [-0.1, -0.05) is 18.2 Å². The minimum atomic E-state index is -0.452. The molecular formula is C22H24N4O4. The predicted molar refractivity (Wildman–Crippen MR) is 113 cm³/mol. The molecule has 2 aromatic carbocycles. The lowest BCUT2D eigenvalue weighted by atomic mass is 10.0. The Hall–Kier alpha value is -3.42. The summed E-state index contributed by atoms with van der Waals surface area (Å²) in [6, 6.07) is 13.9. The zero-order valence-corrected chi connectivity index (χ0v) is 16.5. The summed E-state index contributed by atoms with van der Waals surface area (Å²) in [6.45, 7) is 0.989. The van der Waals surface area contributed by atoms with Crippen molar-refractivity contribution in [3.05, 3.63) is 69.8 Å². The van der Waals surface area contributed by atoms with Crippen LogP contribution in [0.1, 0.15) is 46.4 Å². The number of anilines is 1. The zero-order valence-electron chi connectivity index (χ0n) is 16.5. The molecule has 2 amide bonds. The van der Waals surface area contributed by atoms with E-state index in [1.165, 1.54) is 6.07 Å². The van der Waals surface area contributed by atoms with Crippen LogP contribution in [-0.4, -0.2) is 46.8 Å². The van der Waals surface area contributed by atoms with E-state index in [0.717, 1.165) is 12.8 Å². The van der Waals surface area contributed by atoms with Gasteiger partial charge in [0.15, 0.2) is 0 Å². The number of benzene rings is 2. The molecule has 2 aliphatic rings. The predicted octanol–water partition coefficient (Wildman–Crippen LogP) is 3.20. The number of hydrogen-bond donors (Lipinski definition) is 2. The molecule has 1 heterocycles. The fraction of sp³-hybridized carbons (Fsp3) is 0.364. The average molecular weight is 408 g/mol. The van der Waals surface area contributed by atoms with Gasteiger partial charge < -0.3 is 15.5 Å². The van der Waals surface area contributed by atoms with Crippen molar-refractivity contribution in [2.75, 3.05) is 18.4 Å². The number of carbonyl (C=O) groups excluding carboxylic acids is 2. The van der Waals surface area contributed by atoms with Crippen molar-refractivity contribution in [1.29, 1.82) is 0 Å². The maximum absolute atomic E-state index is 12.9. The molecule has 0 bridgehead atoms. The monoisotopic (exact) mass is 408 g/mol. The maximum Gasteiger partial charge on any atom is 0.293 e. The van der Waals surface area contributed by atoms with Gasteiger partial charge in [-0.15, -0.1) is 0 Å². The number of rotatable bonds is 6. The number of nitrogens with one attached hydrogen (secondary N) is 2. The van der Waals surface area contributed by atoms with Crippen LogP contribution in [-0.2, 0) is 0 Å². The molecule has 2 fully saturated rings. The summed E-state index contributed by atoms with van der Waals surface area (Å²) in [5.41, 5.74) is 1.32. The van der Waals surface area contributed by atoms with Crippen molar-refractivity contribution >= 4 is 23.2 Å². The SMILES string of the molecule is O=C(NC1CCN(C(=O)c2ccc(NC3CC3)c([N+](=O)[O-])c2)CC1)c1ccccc1. The highest BCUT2D eigenvalue weighted by Gasteiger charge is 2.28. The van der Waals surface area contributed by atoms with E-state index < -0.39 is 4.92 Å². The largest absolute Gasteiger partial charge is 0.377 e. The van der Waals surface area contributed by atoms with Crippen molar-refractivity contribution < 1.29 is 14.5 Å². The third-order valence-corrected chi connectivity index (χ3v) is 5.53. The number of nitro benzene ring substituents is 1. The highest BCUT2D eigenvalue weighted by molar-refractivity contribution is 5.96. The van der Waals surface area contributed by atoms with Crippen LogP contribution >= 0.6 is 0 Å². The molecule has 1 aliphatic carbocycles. The molecule has 156 valence electrons. The van der Waals surface area contributed by atoms with E-state index in [9.17, 15) is 19.7 Å². The first-order valence-electron chi connectivity index (χ1n) is 10.2. The quantitative estimate of drug-likeness (QED) is 0.564. The fourth-order valence-electron chi connectivity index (χ4n) is 3.65. The molecule has 1 saturated carbocycles. The van der Waals surface area contributed by atoms with Gasteiger partial charge in [0, 0.05) is 42.4 Å². The molecule has 2 N–H and O–H groups in total. The number of nitrogens with zero attached hydrogens (tertiary/aromatic N) is 2. The lowest BCUT2D eigenvalue weighted by molar-refractivity contribution is -0.384. The lowest BCUT2D eigenvalue weighted by Crippen LogP contribution is -2.46. The second kappa shape index (κ2) is 8.52. The molecule has 0 spiro atoms. The van der Waals surface area contributed by atoms with Gasteiger partial charge in [-0.3, -0.25) is 19.7 Å². The van der Waals surface area contributed by atoms with Crippen LogP contribution in [0.4, 0.5) is 11.4 Å². The summed E-state index contributed by atoms with van der Waals surface area (Å²) in [4.78, 5) is 37.8. The van der Waals surface area contributed by atoms with Crippen molar-refractivity contribution in [2.45, 2.75) is 37.8 Å². The maximum atomic E-state index is 12.9. The molecular weight excluding hydrogens is 384 g/mol. The molecule has 1 aliphatic heterocycles. The van der Waals surface area contributed by atoms with Gasteiger partial charge in [0.05, 0.1) is 4.92 Å². The van der Waals surface area contributed by atoms with Gasteiger partial charge in [-0.05, 0) is 49.9 Å². The average Bonchev–Trinajstić information content (AvgIpc) is 3.58. The lowest BCUT2D eigenvalue weighted by Gasteiger charge is -2.32. The summed E-state index contributed by atoms with van der Waals surface area (Å²) >= 11 is 0. The number of amides is 2. The summed E-state index contributed by atoms with van der Waals surface area (Å²) in [5.74, 6) is -0.335. The molecule has 0 radical (unpaired) electrons. The van der Waals surface area contributed by atoms with E-state index in [1.54, 1.807) is 29.2 Å². The van der Waals surface area contributed by atoms with Crippen LogP contribution in [0, 0.1) is 10.1 Å². The Morgan fingerprint density at radius 2 is 1.63 bits per heavy atom. The van der Waals surface area contributed by atoms with Gasteiger partial charge >= 0.3 is 0 Å². The topological polar surface area (TPSA) is 105 Å². The third kappa shape index (κ3) is 4.59. The Morgan fingerprint density at radius 1 is 0.933 bits per heavy atom. The highest BCUT2D eigenvalue weighted by Crippen LogP contribution is 2.32. The summed E-state index contributed by atoms with van der Waals surface area (Å²) in [7, 11) is 0. The number of carbonyl (C=O) groups is 2. The van der Waals surface area contributed by atoms with Gasteiger partial charge in [-0.25, -0.2) is 0 Å².